The first kappa shape index (κ1) is 26.6. The molecule has 3 aromatic rings. The zero-order valence-electron chi connectivity index (χ0n) is 20.7. The smallest absolute Gasteiger partial charge is 0.254 e. The minimum atomic E-state index is -0.319. The van der Waals surface area contributed by atoms with Gasteiger partial charge in [-0.2, -0.15) is 0 Å². The van der Waals surface area contributed by atoms with Gasteiger partial charge >= 0.3 is 0 Å². The number of thiazole rings is 1. The molecule has 0 saturated carbocycles. The second kappa shape index (κ2) is 12.7. The fraction of sp³-hybridized carbons (Fsp3) is 0.333. The van der Waals surface area contributed by atoms with Crippen molar-refractivity contribution >= 4 is 51.5 Å². The quantitative estimate of drug-likeness (QED) is 0.441. The number of nitrogens with one attached hydrogen (secondary N) is 1. The maximum Gasteiger partial charge on any atom is 0.254 e. The van der Waals surface area contributed by atoms with Gasteiger partial charge in [-0.25, -0.2) is 4.98 Å². The van der Waals surface area contributed by atoms with Gasteiger partial charge in [0.15, 0.2) is 5.13 Å². The van der Waals surface area contributed by atoms with Crippen LogP contribution in [0.25, 0.3) is 0 Å². The number of carbonyl (C=O) groups is 3. The van der Waals surface area contributed by atoms with Crippen molar-refractivity contribution in [2.75, 3.05) is 49.5 Å². The van der Waals surface area contributed by atoms with E-state index in [0.29, 0.717) is 54.1 Å². The molecule has 37 heavy (non-hydrogen) atoms. The number of aromatic nitrogens is 1. The number of anilines is 2. The molecule has 8 nitrogen and oxygen atoms in total. The summed E-state index contributed by atoms with van der Waals surface area (Å²) in [7, 11) is 0. The van der Waals surface area contributed by atoms with Gasteiger partial charge in [0.2, 0.25) is 11.8 Å². The molecule has 2 aromatic carbocycles. The van der Waals surface area contributed by atoms with E-state index in [2.05, 4.69) is 15.2 Å². The average molecular weight is 540 g/mol. The fourth-order valence-corrected chi connectivity index (χ4v) is 5.22. The van der Waals surface area contributed by atoms with Crippen LogP contribution in [0.4, 0.5) is 10.8 Å². The third kappa shape index (κ3) is 7.08. The van der Waals surface area contributed by atoms with E-state index >= 15 is 0 Å². The molecule has 1 aliphatic rings. The Labute approximate surface area is 225 Å². The van der Waals surface area contributed by atoms with E-state index in [-0.39, 0.29) is 30.7 Å². The number of amides is 3. The summed E-state index contributed by atoms with van der Waals surface area (Å²) in [4.78, 5) is 48.3. The van der Waals surface area contributed by atoms with Crippen LogP contribution in [0.1, 0.15) is 29.4 Å². The minimum absolute atomic E-state index is 0.00423. The number of halogens is 1. The molecule has 1 N–H and O–H groups in total. The molecule has 2 heterocycles. The molecule has 3 amide bonds. The summed E-state index contributed by atoms with van der Waals surface area (Å²) in [6.45, 7) is 5.02. The van der Waals surface area contributed by atoms with Crippen LogP contribution in [0.3, 0.4) is 0 Å². The van der Waals surface area contributed by atoms with Gasteiger partial charge in [0.25, 0.3) is 5.91 Å². The fourth-order valence-electron chi connectivity index (χ4n) is 4.24. The lowest BCUT2D eigenvalue weighted by atomic mass is 10.2. The van der Waals surface area contributed by atoms with E-state index in [1.54, 1.807) is 29.6 Å². The molecule has 0 radical (unpaired) electrons. The Bertz CT molecular complexity index is 1230. The summed E-state index contributed by atoms with van der Waals surface area (Å²) in [6, 6.07) is 16.6. The van der Waals surface area contributed by atoms with Gasteiger partial charge in [-0.3, -0.25) is 14.4 Å². The first-order valence-electron chi connectivity index (χ1n) is 12.3. The first-order valence-corrected chi connectivity index (χ1v) is 13.6. The SMILES string of the molecule is CCCN(CC(=O)Nc1nc(CC(=O)N2CCN(c3ccccc3Cl)CC2)cs1)C(=O)c1ccccc1. The maximum absolute atomic E-state index is 12.9. The van der Waals surface area contributed by atoms with Crippen LogP contribution in [-0.2, 0) is 16.0 Å². The van der Waals surface area contributed by atoms with E-state index in [0.717, 1.165) is 12.1 Å². The molecule has 194 valence electrons. The highest BCUT2D eigenvalue weighted by atomic mass is 35.5. The topological polar surface area (TPSA) is 85.8 Å². The third-order valence-corrected chi connectivity index (χ3v) is 7.22. The summed E-state index contributed by atoms with van der Waals surface area (Å²) in [5.74, 6) is -0.497. The van der Waals surface area contributed by atoms with Crippen LogP contribution in [0.2, 0.25) is 5.02 Å². The van der Waals surface area contributed by atoms with E-state index in [4.69, 9.17) is 11.6 Å². The van der Waals surface area contributed by atoms with E-state index in [1.807, 2.05) is 42.2 Å². The van der Waals surface area contributed by atoms with Crippen LogP contribution in [0.5, 0.6) is 0 Å². The van der Waals surface area contributed by atoms with Gasteiger partial charge in [0.05, 0.1) is 22.8 Å². The van der Waals surface area contributed by atoms with Crippen LogP contribution < -0.4 is 10.2 Å². The Morgan fingerprint density at radius 3 is 2.43 bits per heavy atom. The molecule has 0 bridgehead atoms. The van der Waals surface area contributed by atoms with Crippen LogP contribution in [0, 0.1) is 0 Å². The van der Waals surface area contributed by atoms with E-state index < -0.39 is 0 Å². The Morgan fingerprint density at radius 2 is 1.73 bits per heavy atom. The highest BCUT2D eigenvalue weighted by molar-refractivity contribution is 7.13. The molecule has 1 aromatic heterocycles. The van der Waals surface area contributed by atoms with E-state index in [1.165, 1.54) is 16.2 Å². The molecule has 1 fully saturated rings. The molecule has 1 aliphatic heterocycles. The van der Waals surface area contributed by atoms with Crippen molar-refractivity contribution in [2.45, 2.75) is 19.8 Å². The summed E-state index contributed by atoms with van der Waals surface area (Å²) in [5.41, 5.74) is 2.15. The zero-order chi connectivity index (χ0) is 26.2. The van der Waals surface area contributed by atoms with Crippen molar-refractivity contribution in [2.24, 2.45) is 0 Å². The van der Waals surface area contributed by atoms with Crippen molar-refractivity contribution in [3.05, 3.63) is 76.3 Å². The number of para-hydroxylation sites is 1. The lowest BCUT2D eigenvalue weighted by molar-refractivity contribution is -0.130. The summed E-state index contributed by atoms with van der Waals surface area (Å²) in [5, 5.41) is 5.68. The monoisotopic (exact) mass is 539 g/mol. The maximum atomic E-state index is 12.9. The Balaban J connectivity index is 1.27. The lowest BCUT2D eigenvalue weighted by Gasteiger charge is -2.36. The second-order valence-corrected chi connectivity index (χ2v) is 10.0. The summed E-state index contributed by atoms with van der Waals surface area (Å²) < 4.78 is 0. The molecule has 1 saturated heterocycles. The largest absolute Gasteiger partial charge is 0.367 e. The van der Waals surface area contributed by atoms with Crippen molar-refractivity contribution in [3.63, 3.8) is 0 Å². The first-order chi connectivity index (χ1) is 17.9. The molecule has 0 atom stereocenters. The minimum Gasteiger partial charge on any atom is -0.367 e. The standard InChI is InChI=1S/C27H30ClN5O3S/c1-2-12-33(26(36)20-8-4-3-5-9-20)18-24(34)30-27-29-21(19-37-27)17-25(35)32-15-13-31(14-16-32)23-11-7-6-10-22(23)28/h3-11,19H,2,12-18H2,1H3,(H,29,30,34). The van der Waals surface area contributed by atoms with Crippen molar-refractivity contribution < 1.29 is 14.4 Å². The predicted molar refractivity (Wildman–Crippen MR) is 147 cm³/mol. The summed E-state index contributed by atoms with van der Waals surface area (Å²) in [6.07, 6.45) is 0.912. The number of piperazine rings is 1. The third-order valence-electron chi connectivity index (χ3n) is 6.09. The number of carbonyl (C=O) groups excluding carboxylic acids is 3. The average Bonchev–Trinajstić information content (AvgIpc) is 3.35. The molecule has 0 aliphatic carbocycles. The zero-order valence-corrected chi connectivity index (χ0v) is 22.3. The number of hydrogen-bond donors (Lipinski definition) is 1. The Morgan fingerprint density at radius 1 is 1.03 bits per heavy atom. The van der Waals surface area contributed by atoms with Crippen molar-refractivity contribution in [1.29, 1.82) is 0 Å². The second-order valence-electron chi connectivity index (χ2n) is 8.78. The predicted octanol–water partition coefficient (Wildman–Crippen LogP) is 4.18. The van der Waals surface area contributed by atoms with Gasteiger partial charge in [-0.1, -0.05) is 48.9 Å². The molecular weight excluding hydrogens is 510 g/mol. The van der Waals surface area contributed by atoms with Crippen LogP contribution >= 0.6 is 22.9 Å². The molecular formula is C27H30ClN5O3S. The van der Waals surface area contributed by atoms with Gasteiger partial charge < -0.3 is 20.0 Å². The molecule has 10 heteroatoms. The van der Waals surface area contributed by atoms with Crippen molar-refractivity contribution in [1.82, 2.24) is 14.8 Å². The van der Waals surface area contributed by atoms with Gasteiger partial charge in [0.1, 0.15) is 6.54 Å². The molecule has 4 rings (SSSR count). The van der Waals surface area contributed by atoms with Gasteiger partial charge in [-0.05, 0) is 30.7 Å². The number of hydrogen-bond acceptors (Lipinski definition) is 6. The molecule has 0 unspecified atom stereocenters. The highest BCUT2D eigenvalue weighted by Gasteiger charge is 2.23. The number of rotatable bonds is 9. The van der Waals surface area contributed by atoms with Gasteiger partial charge in [-0.15, -0.1) is 11.3 Å². The van der Waals surface area contributed by atoms with Crippen LogP contribution in [0.15, 0.2) is 60.0 Å². The molecule has 0 spiro atoms. The van der Waals surface area contributed by atoms with Gasteiger partial charge in [0, 0.05) is 43.7 Å². The number of nitrogens with zero attached hydrogens (tertiary/aromatic N) is 4. The van der Waals surface area contributed by atoms with Crippen molar-refractivity contribution in [3.8, 4) is 0 Å². The lowest BCUT2D eigenvalue weighted by Crippen LogP contribution is -2.49. The highest BCUT2D eigenvalue weighted by Crippen LogP contribution is 2.26. The number of benzene rings is 2. The Kier molecular flexibility index (Phi) is 9.14. The Hall–Kier alpha value is -3.43. The van der Waals surface area contributed by atoms with Crippen LogP contribution in [-0.4, -0.2) is 71.8 Å². The normalized spacial score (nSPS) is 13.4. The van der Waals surface area contributed by atoms with E-state index in [9.17, 15) is 14.4 Å². The summed E-state index contributed by atoms with van der Waals surface area (Å²) >= 11 is 7.58.